The molecule has 0 radical (unpaired) electrons. The van der Waals surface area contributed by atoms with Crippen LogP contribution in [0.2, 0.25) is 5.02 Å². The fourth-order valence-electron chi connectivity index (χ4n) is 4.35. The molecule has 2 fully saturated rings. The summed E-state index contributed by atoms with van der Waals surface area (Å²) in [6.07, 6.45) is 5.85. The molecule has 0 aromatic heterocycles. The lowest BCUT2D eigenvalue weighted by Crippen LogP contribution is -2.54. The van der Waals surface area contributed by atoms with Crippen LogP contribution in [0.4, 0.5) is 0 Å². The summed E-state index contributed by atoms with van der Waals surface area (Å²) in [6, 6.07) is 7.15. The third-order valence-corrected chi connectivity index (χ3v) is 7.92. The predicted octanol–water partition coefficient (Wildman–Crippen LogP) is 5.06. The van der Waals surface area contributed by atoms with Gasteiger partial charge in [-0.3, -0.25) is 9.59 Å². The molecule has 0 unspecified atom stereocenters. The Morgan fingerprint density at radius 3 is 2.43 bits per heavy atom. The normalized spacial score (nSPS) is 19.8. The van der Waals surface area contributed by atoms with Gasteiger partial charge in [-0.2, -0.15) is 0 Å². The lowest BCUT2D eigenvalue weighted by molar-refractivity contribution is -0.137. The van der Waals surface area contributed by atoms with Crippen molar-refractivity contribution in [1.82, 2.24) is 9.80 Å². The molecule has 1 aromatic carbocycles. The topological polar surface area (TPSA) is 40.6 Å². The Morgan fingerprint density at radius 1 is 1.14 bits per heavy atom. The van der Waals surface area contributed by atoms with Gasteiger partial charge in [-0.05, 0) is 49.9 Å². The van der Waals surface area contributed by atoms with Crippen LogP contribution in [0.25, 0.3) is 0 Å². The van der Waals surface area contributed by atoms with Gasteiger partial charge in [0, 0.05) is 41.9 Å². The highest BCUT2D eigenvalue weighted by Gasteiger charge is 2.47. The van der Waals surface area contributed by atoms with Gasteiger partial charge >= 0.3 is 0 Å². The number of halogens is 1. The third-order valence-electron chi connectivity index (χ3n) is 6.12. The zero-order valence-corrected chi connectivity index (χ0v) is 18.5. The van der Waals surface area contributed by atoms with Crippen LogP contribution in [0, 0.1) is 5.92 Å². The highest BCUT2D eigenvalue weighted by atomic mass is 35.5. The number of hydrogen-bond acceptors (Lipinski definition) is 3. The maximum atomic E-state index is 13.1. The first-order valence-corrected chi connectivity index (χ1v) is 11.9. The summed E-state index contributed by atoms with van der Waals surface area (Å²) >= 11 is 7.85. The second kappa shape index (κ2) is 9.53. The third kappa shape index (κ3) is 4.51. The zero-order valence-electron chi connectivity index (χ0n) is 17.0. The van der Waals surface area contributed by atoms with Gasteiger partial charge < -0.3 is 9.80 Å². The molecule has 2 amide bonds. The number of hydrogen-bond donors (Lipinski definition) is 0. The van der Waals surface area contributed by atoms with E-state index >= 15 is 0 Å². The number of nitrogens with zero attached hydrogens (tertiary/aromatic N) is 2. The first-order valence-electron chi connectivity index (χ1n) is 10.5. The van der Waals surface area contributed by atoms with Crippen molar-refractivity contribution >= 4 is 35.2 Å². The zero-order chi connectivity index (χ0) is 20.1. The molecule has 2 aliphatic rings. The lowest BCUT2D eigenvalue weighted by atomic mass is 9.95. The monoisotopic (exact) mass is 422 g/mol. The van der Waals surface area contributed by atoms with Gasteiger partial charge in [0.2, 0.25) is 5.91 Å². The number of thioether (sulfide) groups is 1. The van der Waals surface area contributed by atoms with Crippen LogP contribution >= 0.6 is 23.4 Å². The molecule has 0 saturated carbocycles. The molecule has 1 spiro atoms. The SMILES string of the molecule is CCCC[C@@H](CC)C(=O)N1CCC2(CC1)SCCN2C(=O)c1ccc(Cl)cc1. The Morgan fingerprint density at radius 2 is 1.82 bits per heavy atom. The van der Waals surface area contributed by atoms with E-state index < -0.39 is 0 Å². The standard InChI is InChI=1S/C22H31ClN2O2S/c1-3-5-6-17(4-2)20(26)24-13-11-22(12-14-24)25(15-16-28-22)21(27)18-7-9-19(23)10-8-18/h7-10,17H,3-6,11-16H2,1-2H3/t17-/m1/s1. The summed E-state index contributed by atoms with van der Waals surface area (Å²) in [5.74, 6) is 1.50. The largest absolute Gasteiger partial charge is 0.342 e. The molecular weight excluding hydrogens is 392 g/mol. The molecule has 4 nitrogen and oxygen atoms in total. The van der Waals surface area contributed by atoms with Crippen molar-refractivity contribution in [2.45, 2.75) is 57.2 Å². The number of piperidine rings is 1. The summed E-state index contributed by atoms with van der Waals surface area (Å²) in [5.41, 5.74) is 0.690. The first kappa shape index (κ1) is 21.5. The van der Waals surface area contributed by atoms with Gasteiger partial charge in [-0.15, -0.1) is 11.8 Å². The van der Waals surface area contributed by atoms with Gasteiger partial charge in [-0.25, -0.2) is 0 Å². The summed E-state index contributed by atoms with van der Waals surface area (Å²) < 4.78 is 0. The van der Waals surface area contributed by atoms with Gasteiger partial charge in [-0.1, -0.05) is 38.3 Å². The van der Waals surface area contributed by atoms with Crippen molar-refractivity contribution in [3.05, 3.63) is 34.9 Å². The molecule has 2 saturated heterocycles. The first-order chi connectivity index (χ1) is 13.5. The van der Waals surface area contributed by atoms with E-state index in [1.807, 2.05) is 21.6 Å². The van der Waals surface area contributed by atoms with Crippen molar-refractivity contribution in [3.8, 4) is 0 Å². The average molecular weight is 423 g/mol. The molecule has 2 aliphatic heterocycles. The lowest BCUT2D eigenvalue weighted by Gasteiger charge is -2.44. The van der Waals surface area contributed by atoms with E-state index in [0.717, 1.165) is 63.9 Å². The smallest absolute Gasteiger partial charge is 0.254 e. The number of benzene rings is 1. The molecule has 1 atom stereocenters. The van der Waals surface area contributed by atoms with Crippen LogP contribution in [0.15, 0.2) is 24.3 Å². The number of carbonyl (C=O) groups excluding carboxylic acids is 2. The minimum atomic E-state index is -0.168. The fraction of sp³-hybridized carbons (Fsp3) is 0.636. The van der Waals surface area contributed by atoms with E-state index in [-0.39, 0.29) is 16.7 Å². The second-order valence-electron chi connectivity index (χ2n) is 7.83. The maximum absolute atomic E-state index is 13.1. The van der Waals surface area contributed by atoms with Crippen LogP contribution in [-0.4, -0.2) is 51.9 Å². The van der Waals surface area contributed by atoms with Crippen LogP contribution in [0.1, 0.15) is 62.7 Å². The molecule has 28 heavy (non-hydrogen) atoms. The number of unbranched alkanes of at least 4 members (excludes halogenated alkanes) is 1. The van der Waals surface area contributed by atoms with E-state index in [9.17, 15) is 9.59 Å². The predicted molar refractivity (Wildman–Crippen MR) is 117 cm³/mol. The van der Waals surface area contributed by atoms with Crippen LogP contribution in [0.5, 0.6) is 0 Å². The summed E-state index contributed by atoms with van der Waals surface area (Å²) in [6.45, 7) is 6.56. The molecular formula is C22H31ClN2O2S. The minimum Gasteiger partial charge on any atom is -0.342 e. The highest BCUT2D eigenvalue weighted by molar-refractivity contribution is 8.00. The molecule has 0 bridgehead atoms. The van der Waals surface area contributed by atoms with E-state index in [4.69, 9.17) is 11.6 Å². The average Bonchev–Trinajstić information content (AvgIpc) is 3.12. The van der Waals surface area contributed by atoms with Gasteiger partial charge in [0.05, 0.1) is 4.87 Å². The van der Waals surface area contributed by atoms with Crippen LogP contribution in [0.3, 0.4) is 0 Å². The summed E-state index contributed by atoms with van der Waals surface area (Å²) in [4.78, 5) is 30.0. The number of likely N-dealkylation sites (tertiary alicyclic amines) is 1. The molecule has 154 valence electrons. The highest BCUT2D eigenvalue weighted by Crippen LogP contribution is 2.44. The van der Waals surface area contributed by atoms with Gasteiger partial charge in [0.25, 0.3) is 5.91 Å². The number of amides is 2. The van der Waals surface area contributed by atoms with Crippen LogP contribution < -0.4 is 0 Å². The van der Waals surface area contributed by atoms with Crippen molar-refractivity contribution in [2.75, 3.05) is 25.4 Å². The van der Waals surface area contributed by atoms with Crippen LogP contribution in [-0.2, 0) is 4.79 Å². The van der Waals surface area contributed by atoms with Gasteiger partial charge in [0.1, 0.15) is 0 Å². The summed E-state index contributed by atoms with van der Waals surface area (Å²) in [7, 11) is 0. The molecule has 0 aliphatic carbocycles. The van der Waals surface area contributed by atoms with Gasteiger partial charge in [0.15, 0.2) is 0 Å². The van der Waals surface area contributed by atoms with E-state index in [1.54, 1.807) is 24.3 Å². The van der Waals surface area contributed by atoms with Crippen molar-refractivity contribution in [2.24, 2.45) is 5.92 Å². The number of carbonyl (C=O) groups is 2. The molecule has 3 rings (SSSR count). The minimum absolute atomic E-state index is 0.0795. The number of rotatable bonds is 6. The van der Waals surface area contributed by atoms with Crippen molar-refractivity contribution in [3.63, 3.8) is 0 Å². The maximum Gasteiger partial charge on any atom is 0.254 e. The van der Waals surface area contributed by atoms with E-state index in [1.165, 1.54) is 0 Å². The Labute approximate surface area is 178 Å². The quantitative estimate of drug-likeness (QED) is 0.642. The van der Waals surface area contributed by atoms with Crippen molar-refractivity contribution < 1.29 is 9.59 Å². The Hall–Kier alpha value is -1.20. The fourth-order valence-corrected chi connectivity index (χ4v) is 5.93. The Balaban J connectivity index is 1.65. The Kier molecular flexibility index (Phi) is 7.32. The molecule has 2 heterocycles. The van der Waals surface area contributed by atoms with E-state index in [2.05, 4.69) is 13.8 Å². The van der Waals surface area contributed by atoms with E-state index in [0.29, 0.717) is 16.5 Å². The molecule has 0 N–H and O–H groups in total. The second-order valence-corrected chi connectivity index (χ2v) is 9.72. The molecule has 1 aromatic rings. The Bertz CT molecular complexity index is 686. The summed E-state index contributed by atoms with van der Waals surface area (Å²) in [5, 5.41) is 0.641. The van der Waals surface area contributed by atoms with Crippen molar-refractivity contribution in [1.29, 1.82) is 0 Å². The molecule has 6 heteroatoms.